The quantitative estimate of drug-likeness (QED) is 0.757. The van der Waals surface area contributed by atoms with E-state index < -0.39 is 6.03 Å². The van der Waals surface area contributed by atoms with Gasteiger partial charge < -0.3 is 10.8 Å². The number of urea groups is 1. The Kier molecular flexibility index (Phi) is 2.49. The van der Waals surface area contributed by atoms with E-state index in [4.69, 9.17) is 5.73 Å². The van der Waals surface area contributed by atoms with Crippen LogP contribution in [0.4, 0.5) is 10.5 Å². The van der Waals surface area contributed by atoms with Crippen LogP contribution in [-0.4, -0.2) is 11.1 Å². The minimum Gasteiger partial charge on any atom is -0.508 e. The van der Waals surface area contributed by atoms with Gasteiger partial charge >= 0.3 is 6.03 Å². The third-order valence-electron chi connectivity index (χ3n) is 3.13. The summed E-state index contributed by atoms with van der Waals surface area (Å²) in [6, 6.07) is 12.0. The molecule has 1 aliphatic rings. The number of anilines is 1. The van der Waals surface area contributed by atoms with Crippen molar-refractivity contribution in [2.24, 2.45) is 5.73 Å². The molecule has 0 radical (unpaired) electrons. The predicted octanol–water partition coefficient (Wildman–Crippen LogP) is 2.93. The molecular weight excluding hydrogens is 240 g/mol. The summed E-state index contributed by atoms with van der Waals surface area (Å²) in [5.74, 6) is 0.189. The first-order valence-corrected chi connectivity index (χ1v) is 5.86. The van der Waals surface area contributed by atoms with Crippen molar-refractivity contribution in [1.29, 1.82) is 0 Å². The summed E-state index contributed by atoms with van der Waals surface area (Å²) < 4.78 is 0. The zero-order valence-electron chi connectivity index (χ0n) is 10.1. The zero-order valence-corrected chi connectivity index (χ0v) is 10.1. The zero-order chi connectivity index (χ0) is 13.4. The van der Waals surface area contributed by atoms with Crippen LogP contribution in [-0.2, 0) is 0 Å². The van der Waals surface area contributed by atoms with Gasteiger partial charge in [-0.05, 0) is 35.4 Å². The fourth-order valence-corrected chi connectivity index (χ4v) is 2.26. The first kappa shape index (κ1) is 11.3. The van der Waals surface area contributed by atoms with E-state index >= 15 is 0 Å². The molecule has 2 aromatic carbocycles. The van der Waals surface area contributed by atoms with Crippen molar-refractivity contribution in [3.8, 4) is 16.9 Å². The SMILES string of the molecule is NC(=O)N1C=Cc2ccc(O)cc2-c2ccccc21. The fraction of sp³-hybridized carbons (Fsp3) is 0. The Balaban J connectivity index is 2.32. The number of carbonyl (C=O) groups is 1. The molecular formula is C15H12N2O2. The van der Waals surface area contributed by atoms with Crippen molar-refractivity contribution < 1.29 is 9.90 Å². The minimum atomic E-state index is -0.541. The molecule has 0 saturated carbocycles. The Morgan fingerprint density at radius 3 is 2.68 bits per heavy atom. The highest BCUT2D eigenvalue weighted by Gasteiger charge is 2.19. The lowest BCUT2D eigenvalue weighted by atomic mass is 9.98. The number of para-hydroxylation sites is 1. The number of primary amides is 1. The number of phenolic OH excluding ortho intramolecular Hbond substituents is 1. The van der Waals surface area contributed by atoms with Crippen LogP contribution in [0.1, 0.15) is 5.56 Å². The van der Waals surface area contributed by atoms with E-state index in [0.717, 1.165) is 16.7 Å². The fourth-order valence-electron chi connectivity index (χ4n) is 2.26. The Labute approximate surface area is 110 Å². The van der Waals surface area contributed by atoms with E-state index in [9.17, 15) is 9.90 Å². The summed E-state index contributed by atoms with van der Waals surface area (Å²) in [6.07, 6.45) is 3.45. The van der Waals surface area contributed by atoms with E-state index in [1.807, 2.05) is 30.3 Å². The molecule has 0 aliphatic carbocycles. The van der Waals surface area contributed by atoms with Crippen molar-refractivity contribution in [2.75, 3.05) is 4.90 Å². The third kappa shape index (κ3) is 1.83. The molecule has 0 saturated heterocycles. The predicted molar refractivity (Wildman–Crippen MR) is 74.6 cm³/mol. The normalized spacial score (nSPS) is 12.5. The largest absolute Gasteiger partial charge is 0.508 e. The van der Waals surface area contributed by atoms with Crippen molar-refractivity contribution >= 4 is 17.8 Å². The number of amides is 2. The number of benzene rings is 2. The summed E-state index contributed by atoms with van der Waals surface area (Å²) >= 11 is 0. The maximum absolute atomic E-state index is 11.5. The molecule has 2 aromatic rings. The number of phenols is 1. The molecule has 4 heteroatoms. The van der Waals surface area contributed by atoms with Crippen LogP contribution in [0, 0.1) is 0 Å². The highest BCUT2D eigenvalue weighted by Crippen LogP contribution is 2.37. The summed E-state index contributed by atoms with van der Waals surface area (Å²) in [7, 11) is 0. The second kappa shape index (κ2) is 4.17. The van der Waals surface area contributed by atoms with Crippen LogP contribution in [0.25, 0.3) is 17.2 Å². The van der Waals surface area contributed by atoms with Crippen molar-refractivity contribution in [1.82, 2.24) is 0 Å². The molecule has 0 unspecified atom stereocenters. The smallest absolute Gasteiger partial charge is 0.323 e. The van der Waals surface area contributed by atoms with Crippen molar-refractivity contribution in [3.05, 3.63) is 54.2 Å². The van der Waals surface area contributed by atoms with E-state index in [0.29, 0.717) is 5.69 Å². The van der Waals surface area contributed by atoms with Gasteiger partial charge in [-0.15, -0.1) is 0 Å². The van der Waals surface area contributed by atoms with Crippen LogP contribution >= 0.6 is 0 Å². The lowest BCUT2D eigenvalue weighted by Crippen LogP contribution is -2.30. The number of aromatic hydroxyl groups is 1. The Morgan fingerprint density at radius 1 is 1.11 bits per heavy atom. The Hall–Kier alpha value is -2.75. The average Bonchev–Trinajstić information content (AvgIpc) is 2.56. The van der Waals surface area contributed by atoms with Crippen molar-refractivity contribution in [2.45, 2.75) is 0 Å². The van der Waals surface area contributed by atoms with Gasteiger partial charge in [-0.2, -0.15) is 0 Å². The number of fused-ring (bicyclic) bond motifs is 3. The second-order valence-electron chi connectivity index (χ2n) is 4.31. The number of rotatable bonds is 0. The van der Waals surface area contributed by atoms with Gasteiger partial charge in [0, 0.05) is 11.8 Å². The maximum Gasteiger partial charge on any atom is 0.323 e. The molecule has 0 bridgehead atoms. The average molecular weight is 252 g/mol. The molecule has 2 amide bonds. The molecule has 1 aliphatic heterocycles. The number of carbonyl (C=O) groups excluding carboxylic acids is 1. The number of nitrogens with two attached hydrogens (primary N) is 1. The van der Waals surface area contributed by atoms with E-state index in [1.54, 1.807) is 24.4 Å². The molecule has 4 nitrogen and oxygen atoms in total. The maximum atomic E-state index is 11.5. The van der Waals surface area contributed by atoms with Crippen molar-refractivity contribution in [3.63, 3.8) is 0 Å². The first-order chi connectivity index (χ1) is 9.16. The van der Waals surface area contributed by atoms with Gasteiger partial charge in [-0.1, -0.05) is 24.3 Å². The third-order valence-corrected chi connectivity index (χ3v) is 3.13. The molecule has 0 spiro atoms. The van der Waals surface area contributed by atoms with E-state index in [-0.39, 0.29) is 5.75 Å². The van der Waals surface area contributed by atoms with Gasteiger partial charge in [0.1, 0.15) is 5.75 Å². The monoisotopic (exact) mass is 252 g/mol. The second-order valence-corrected chi connectivity index (χ2v) is 4.31. The lowest BCUT2D eigenvalue weighted by Gasteiger charge is -2.17. The molecule has 0 atom stereocenters. The molecule has 19 heavy (non-hydrogen) atoms. The minimum absolute atomic E-state index is 0.189. The van der Waals surface area contributed by atoms with Gasteiger partial charge in [0.05, 0.1) is 5.69 Å². The van der Waals surface area contributed by atoms with Crippen LogP contribution in [0.15, 0.2) is 48.7 Å². The molecule has 3 rings (SSSR count). The summed E-state index contributed by atoms with van der Waals surface area (Å²) in [4.78, 5) is 12.9. The molecule has 1 heterocycles. The van der Waals surface area contributed by atoms with Crippen LogP contribution in [0.5, 0.6) is 5.75 Å². The standard InChI is InChI=1S/C15H12N2O2/c16-15(19)17-8-7-10-5-6-11(18)9-13(10)12-3-1-2-4-14(12)17/h1-9,18H,(H2,16,19). The van der Waals surface area contributed by atoms with Crippen LogP contribution < -0.4 is 10.6 Å². The van der Waals surface area contributed by atoms with E-state index in [2.05, 4.69) is 0 Å². The van der Waals surface area contributed by atoms with Gasteiger partial charge in [0.25, 0.3) is 0 Å². The highest BCUT2D eigenvalue weighted by molar-refractivity contribution is 6.01. The van der Waals surface area contributed by atoms with Gasteiger partial charge in [-0.25, -0.2) is 4.79 Å². The highest BCUT2D eigenvalue weighted by atomic mass is 16.3. The van der Waals surface area contributed by atoms with Crippen LogP contribution in [0.3, 0.4) is 0 Å². The molecule has 0 aromatic heterocycles. The van der Waals surface area contributed by atoms with E-state index in [1.165, 1.54) is 4.90 Å². The van der Waals surface area contributed by atoms with Gasteiger partial charge in [-0.3, -0.25) is 4.90 Å². The van der Waals surface area contributed by atoms with Gasteiger partial charge in [0.15, 0.2) is 0 Å². The Bertz CT molecular complexity index is 692. The molecule has 3 N–H and O–H groups in total. The Morgan fingerprint density at radius 2 is 1.89 bits per heavy atom. The number of nitrogens with zero attached hydrogens (tertiary/aromatic N) is 1. The molecule has 94 valence electrons. The summed E-state index contributed by atoms with van der Waals surface area (Å²) in [5, 5.41) is 9.65. The first-order valence-electron chi connectivity index (χ1n) is 5.86. The summed E-state index contributed by atoms with van der Waals surface area (Å²) in [5.41, 5.74) is 8.76. The number of hydrogen-bond donors (Lipinski definition) is 2. The topological polar surface area (TPSA) is 66.6 Å². The van der Waals surface area contributed by atoms with Crippen LogP contribution in [0.2, 0.25) is 0 Å². The number of hydrogen-bond acceptors (Lipinski definition) is 2. The van der Waals surface area contributed by atoms with Gasteiger partial charge in [0.2, 0.25) is 0 Å². The lowest BCUT2D eigenvalue weighted by molar-refractivity contribution is 0.256. The molecule has 0 fully saturated rings. The summed E-state index contributed by atoms with van der Waals surface area (Å²) in [6.45, 7) is 0.